The van der Waals surface area contributed by atoms with Crippen molar-refractivity contribution in [3.05, 3.63) is 57.0 Å². The molecule has 0 aliphatic rings. The summed E-state index contributed by atoms with van der Waals surface area (Å²) in [5.74, 6) is -0.415. The van der Waals surface area contributed by atoms with Gasteiger partial charge in [0, 0.05) is 24.0 Å². The van der Waals surface area contributed by atoms with Gasteiger partial charge in [-0.05, 0) is 43.2 Å². The standard InChI is InChI=1S/C18H20ClN3O3/c1-3-4-5-16(23)22-15-7-6-13(8-11(15)2)21-17(24)12-9-14(19)18(25)20-10-12/h6-10H,3-5H2,1-2H3,(H,20,25)(H,21,24)(H,22,23). The highest BCUT2D eigenvalue weighted by Crippen LogP contribution is 2.21. The number of aryl methyl sites for hydroxylation is 1. The normalized spacial score (nSPS) is 10.4. The second-order valence-electron chi connectivity index (χ2n) is 5.70. The molecule has 0 bridgehead atoms. The van der Waals surface area contributed by atoms with Crippen molar-refractivity contribution in [1.29, 1.82) is 0 Å². The second kappa shape index (κ2) is 8.48. The second-order valence-corrected chi connectivity index (χ2v) is 6.11. The van der Waals surface area contributed by atoms with Crippen LogP contribution >= 0.6 is 11.6 Å². The predicted molar refractivity (Wildman–Crippen MR) is 99.4 cm³/mol. The summed E-state index contributed by atoms with van der Waals surface area (Å²) in [4.78, 5) is 37.6. The Kier molecular flexibility index (Phi) is 6.36. The third-order valence-electron chi connectivity index (χ3n) is 3.64. The first-order valence-corrected chi connectivity index (χ1v) is 8.38. The average Bonchev–Trinajstić information content (AvgIpc) is 2.57. The van der Waals surface area contributed by atoms with Gasteiger partial charge in [0.15, 0.2) is 0 Å². The quantitative estimate of drug-likeness (QED) is 0.732. The molecular weight excluding hydrogens is 342 g/mol. The number of aromatic nitrogens is 1. The number of carbonyl (C=O) groups is 2. The van der Waals surface area contributed by atoms with Crippen LogP contribution in [0.4, 0.5) is 11.4 Å². The number of hydrogen-bond acceptors (Lipinski definition) is 3. The van der Waals surface area contributed by atoms with Crippen molar-refractivity contribution in [2.45, 2.75) is 33.1 Å². The summed E-state index contributed by atoms with van der Waals surface area (Å²) in [5.41, 5.74) is 1.93. The first-order valence-electron chi connectivity index (χ1n) is 8.00. The maximum atomic E-state index is 12.2. The number of rotatable bonds is 6. The Balaban J connectivity index is 2.07. The molecule has 0 unspecified atom stereocenters. The number of aromatic amines is 1. The van der Waals surface area contributed by atoms with Gasteiger partial charge in [-0.25, -0.2) is 0 Å². The van der Waals surface area contributed by atoms with Gasteiger partial charge in [0.05, 0.1) is 5.56 Å². The van der Waals surface area contributed by atoms with Crippen LogP contribution in [0.15, 0.2) is 35.3 Å². The van der Waals surface area contributed by atoms with E-state index in [-0.39, 0.29) is 16.5 Å². The van der Waals surface area contributed by atoms with E-state index in [1.807, 2.05) is 13.8 Å². The molecule has 25 heavy (non-hydrogen) atoms. The molecule has 0 fully saturated rings. The fourth-order valence-corrected chi connectivity index (χ4v) is 2.39. The summed E-state index contributed by atoms with van der Waals surface area (Å²) in [6.45, 7) is 3.88. The summed E-state index contributed by atoms with van der Waals surface area (Å²) in [6, 6.07) is 6.52. The number of halogens is 1. The van der Waals surface area contributed by atoms with Crippen LogP contribution in [0.2, 0.25) is 5.02 Å². The molecule has 3 N–H and O–H groups in total. The average molecular weight is 362 g/mol. The van der Waals surface area contributed by atoms with Crippen LogP contribution in [0.3, 0.4) is 0 Å². The van der Waals surface area contributed by atoms with Crippen LogP contribution in [0, 0.1) is 6.92 Å². The van der Waals surface area contributed by atoms with Gasteiger partial charge in [-0.15, -0.1) is 0 Å². The van der Waals surface area contributed by atoms with Crippen molar-refractivity contribution in [3.63, 3.8) is 0 Å². The van der Waals surface area contributed by atoms with E-state index in [9.17, 15) is 14.4 Å². The number of hydrogen-bond donors (Lipinski definition) is 3. The smallest absolute Gasteiger partial charge is 0.266 e. The number of anilines is 2. The SMILES string of the molecule is CCCCC(=O)Nc1ccc(NC(=O)c2c[nH]c(=O)c(Cl)c2)cc1C. The van der Waals surface area contributed by atoms with Crippen LogP contribution in [0.5, 0.6) is 0 Å². The van der Waals surface area contributed by atoms with E-state index in [2.05, 4.69) is 15.6 Å². The molecule has 0 aliphatic heterocycles. The summed E-state index contributed by atoms with van der Waals surface area (Å²) >= 11 is 5.73. The van der Waals surface area contributed by atoms with Crippen LogP contribution in [0.1, 0.15) is 42.1 Å². The highest BCUT2D eigenvalue weighted by Gasteiger charge is 2.10. The minimum atomic E-state index is -0.447. The topological polar surface area (TPSA) is 91.1 Å². The van der Waals surface area contributed by atoms with E-state index in [0.717, 1.165) is 18.4 Å². The summed E-state index contributed by atoms with van der Waals surface area (Å²) in [6.07, 6.45) is 3.60. The zero-order chi connectivity index (χ0) is 18.4. The van der Waals surface area contributed by atoms with E-state index in [4.69, 9.17) is 11.6 Å². The van der Waals surface area contributed by atoms with E-state index in [1.54, 1.807) is 18.2 Å². The highest BCUT2D eigenvalue weighted by molar-refractivity contribution is 6.30. The van der Waals surface area contributed by atoms with Crippen LogP contribution in [-0.2, 0) is 4.79 Å². The number of pyridine rings is 1. The van der Waals surface area contributed by atoms with Crippen molar-refractivity contribution < 1.29 is 9.59 Å². The van der Waals surface area contributed by atoms with Crippen molar-refractivity contribution in [2.75, 3.05) is 10.6 Å². The number of unbranched alkanes of at least 4 members (excludes halogenated alkanes) is 1. The molecule has 0 saturated heterocycles. The first kappa shape index (κ1) is 18.7. The Morgan fingerprint density at radius 1 is 1.20 bits per heavy atom. The lowest BCUT2D eigenvalue weighted by Crippen LogP contribution is -2.16. The highest BCUT2D eigenvalue weighted by atomic mass is 35.5. The molecule has 0 saturated carbocycles. The number of nitrogens with one attached hydrogen (secondary N) is 3. The monoisotopic (exact) mass is 361 g/mol. The van der Waals surface area contributed by atoms with Crippen molar-refractivity contribution >= 4 is 34.8 Å². The molecule has 2 aromatic rings. The Hall–Kier alpha value is -2.60. The molecule has 132 valence electrons. The maximum absolute atomic E-state index is 12.2. The van der Waals surface area contributed by atoms with E-state index in [0.29, 0.717) is 17.8 Å². The van der Waals surface area contributed by atoms with E-state index < -0.39 is 11.5 Å². The molecule has 0 spiro atoms. The van der Waals surface area contributed by atoms with Gasteiger partial charge in [0.25, 0.3) is 11.5 Å². The molecule has 0 radical (unpaired) electrons. The maximum Gasteiger partial charge on any atom is 0.266 e. The van der Waals surface area contributed by atoms with Crippen molar-refractivity contribution in [2.24, 2.45) is 0 Å². The van der Waals surface area contributed by atoms with Crippen molar-refractivity contribution in [3.8, 4) is 0 Å². The molecule has 1 heterocycles. The molecule has 2 rings (SSSR count). The Morgan fingerprint density at radius 2 is 1.96 bits per heavy atom. The van der Waals surface area contributed by atoms with Gasteiger partial charge >= 0.3 is 0 Å². The third-order valence-corrected chi connectivity index (χ3v) is 3.92. The van der Waals surface area contributed by atoms with E-state index >= 15 is 0 Å². The van der Waals surface area contributed by atoms with Gasteiger partial charge < -0.3 is 15.6 Å². The fraction of sp³-hybridized carbons (Fsp3) is 0.278. The molecule has 7 heteroatoms. The molecule has 1 aromatic heterocycles. The van der Waals surface area contributed by atoms with Crippen LogP contribution < -0.4 is 16.2 Å². The molecular formula is C18H20ClN3O3. The Bertz CT molecular complexity index is 846. The van der Waals surface area contributed by atoms with Crippen molar-refractivity contribution in [1.82, 2.24) is 4.98 Å². The molecule has 2 amide bonds. The number of H-pyrrole nitrogens is 1. The van der Waals surface area contributed by atoms with E-state index in [1.165, 1.54) is 12.3 Å². The van der Waals surface area contributed by atoms with Gasteiger partial charge in [-0.2, -0.15) is 0 Å². The predicted octanol–water partition coefficient (Wildman–Crippen LogP) is 3.72. The zero-order valence-corrected chi connectivity index (χ0v) is 14.9. The lowest BCUT2D eigenvalue weighted by molar-refractivity contribution is -0.116. The van der Waals surface area contributed by atoms with Gasteiger partial charge in [-0.1, -0.05) is 24.9 Å². The summed E-state index contributed by atoms with van der Waals surface area (Å²) in [7, 11) is 0. The summed E-state index contributed by atoms with van der Waals surface area (Å²) < 4.78 is 0. The minimum absolute atomic E-state index is 0.0235. The lowest BCUT2D eigenvalue weighted by atomic mass is 10.1. The third kappa shape index (κ3) is 5.19. The lowest BCUT2D eigenvalue weighted by Gasteiger charge is -2.11. The molecule has 0 aliphatic carbocycles. The largest absolute Gasteiger partial charge is 0.327 e. The number of amides is 2. The molecule has 6 nitrogen and oxygen atoms in total. The molecule has 1 aromatic carbocycles. The van der Waals surface area contributed by atoms with Crippen LogP contribution in [-0.4, -0.2) is 16.8 Å². The minimum Gasteiger partial charge on any atom is -0.327 e. The number of benzene rings is 1. The van der Waals surface area contributed by atoms with Crippen LogP contribution in [0.25, 0.3) is 0 Å². The van der Waals surface area contributed by atoms with Gasteiger partial charge in [0.1, 0.15) is 5.02 Å². The van der Waals surface area contributed by atoms with Gasteiger partial charge in [0.2, 0.25) is 5.91 Å². The Labute approximate surface area is 150 Å². The Morgan fingerprint density at radius 3 is 2.60 bits per heavy atom. The summed E-state index contributed by atoms with van der Waals surface area (Å²) in [5, 5.41) is 5.54. The number of carbonyl (C=O) groups excluding carboxylic acids is 2. The van der Waals surface area contributed by atoms with Gasteiger partial charge in [-0.3, -0.25) is 14.4 Å². The zero-order valence-electron chi connectivity index (χ0n) is 14.1. The first-order chi connectivity index (χ1) is 11.9. The molecule has 0 atom stereocenters. The fourth-order valence-electron chi connectivity index (χ4n) is 2.22.